The first-order valence-electron chi connectivity index (χ1n) is 6.68. The number of pyridine rings is 1. The molecule has 1 fully saturated rings. The molecular formula is C13H18N4O4. The number of nitrogens with one attached hydrogen (secondary N) is 2. The number of nitro groups is 1. The van der Waals surface area contributed by atoms with Gasteiger partial charge in [0.2, 0.25) is 0 Å². The largest absolute Gasteiger partial charge is 0.379 e. The summed E-state index contributed by atoms with van der Waals surface area (Å²) in [6.45, 7) is 2.94. The van der Waals surface area contributed by atoms with E-state index < -0.39 is 16.4 Å². The van der Waals surface area contributed by atoms with Gasteiger partial charge in [0.15, 0.2) is 0 Å². The number of rotatable bonds is 4. The molecule has 0 aliphatic carbocycles. The maximum atomic E-state index is 12.4. The van der Waals surface area contributed by atoms with Gasteiger partial charge in [-0.1, -0.05) is 0 Å². The Kier molecular flexibility index (Phi) is 4.37. The molecule has 8 heteroatoms. The van der Waals surface area contributed by atoms with Gasteiger partial charge in [0.1, 0.15) is 17.6 Å². The van der Waals surface area contributed by atoms with Crippen LogP contribution in [0.2, 0.25) is 0 Å². The Labute approximate surface area is 122 Å². The van der Waals surface area contributed by atoms with E-state index in [2.05, 4.69) is 15.6 Å². The number of carbonyl (C=O) groups excluding carboxylic acids is 1. The normalized spacial score (nSPS) is 21.6. The monoisotopic (exact) mass is 294 g/mol. The third kappa shape index (κ3) is 3.46. The number of ether oxygens (including phenoxy) is 1. The Bertz CT molecular complexity index is 555. The summed E-state index contributed by atoms with van der Waals surface area (Å²) >= 11 is 0. The zero-order valence-electron chi connectivity index (χ0n) is 12.0. The van der Waals surface area contributed by atoms with Gasteiger partial charge in [-0.15, -0.1) is 0 Å². The van der Waals surface area contributed by atoms with Crippen LogP contribution in [0.1, 0.15) is 30.1 Å². The lowest BCUT2D eigenvalue weighted by molar-refractivity contribution is -0.385. The summed E-state index contributed by atoms with van der Waals surface area (Å²) in [5.41, 5.74) is -0.829. The standard InChI is InChI=1S/C13H18N4O4/c1-13(4-3-5-21-8-13)16-12(18)9-6-11(14-2)15-7-10(9)17(19)20/h6-7H,3-5,8H2,1-2H3,(H,14,15)(H,16,18). The highest BCUT2D eigenvalue weighted by Crippen LogP contribution is 2.23. The van der Waals surface area contributed by atoms with Crippen molar-refractivity contribution in [2.24, 2.45) is 0 Å². The summed E-state index contributed by atoms with van der Waals surface area (Å²) < 4.78 is 5.37. The number of nitrogens with zero attached hydrogens (tertiary/aromatic N) is 2. The molecule has 1 atom stereocenters. The van der Waals surface area contributed by atoms with Gasteiger partial charge in [-0.2, -0.15) is 0 Å². The molecule has 1 aromatic rings. The van der Waals surface area contributed by atoms with Gasteiger partial charge in [-0.3, -0.25) is 14.9 Å². The fraction of sp³-hybridized carbons (Fsp3) is 0.538. The molecular weight excluding hydrogens is 276 g/mol. The molecule has 21 heavy (non-hydrogen) atoms. The Hall–Kier alpha value is -2.22. The second-order valence-electron chi connectivity index (χ2n) is 5.26. The summed E-state index contributed by atoms with van der Waals surface area (Å²) in [4.78, 5) is 26.7. The lowest BCUT2D eigenvalue weighted by Crippen LogP contribution is -2.51. The van der Waals surface area contributed by atoms with Crippen LogP contribution >= 0.6 is 0 Å². The van der Waals surface area contributed by atoms with Gasteiger partial charge in [0.25, 0.3) is 11.6 Å². The third-order valence-electron chi connectivity index (χ3n) is 3.43. The molecule has 0 spiro atoms. The predicted octanol–water partition coefficient (Wildman–Crippen LogP) is 1.33. The van der Waals surface area contributed by atoms with E-state index in [0.717, 1.165) is 19.0 Å². The average Bonchev–Trinajstić information content (AvgIpc) is 2.46. The van der Waals surface area contributed by atoms with Crippen LogP contribution in [0, 0.1) is 10.1 Å². The minimum Gasteiger partial charge on any atom is -0.379 e. The fourth-order valence-electron chi connectivity index (χ4n) is 2.29. The molecule has 0 saturated carbocycles. The summed E-state index contributed by atoms with van der Waals surface area (Å²) in [6, 6.07) is 1.38. The Morgan fingerprint density at radius 2 is 2.33 bits per heavy atom. The van der Waals surface area contributed by atoms with Crippen molar-refractivity contribution in [2.45, 2.75) is 25.3 Å². The maximum Gasteiger partial charge on any atom is 0.300 e. The molecule has 1 aliphatic heterocycles. The maximum absolute atomic E-state index is 12.4. The van der Waals surface area contributed by atoms with Crippen LogP contribution in [0.3, 0.4) is 0 Å². The van der Waals surface area contributed by atoms with Crippen molar-refractivity contribution in [3.05, 3.63) is 27.9 Å². The zero-order valence-corrected chi connectivity index (χ0v) is 12.0. The minimum absolute atomic E-state index is 0.00820. The molecule has 1 aromatic heterocycles. The number of carbonyl (C=O) groups is 1. The molecule has 1 saturated heterocycles. The van der Waals surface area contributed by atoms with Crippen molar-refractivity contribution in [2.75, 3.05) is 25.6 Å². The van der Waals surface area contributed by atoms with Crippen LogP contribution in [-0.4, -0.2) is 41.6 Å². The van der Waals surface area contributed by atoms with Gasteiger partial charge in [0, 0.05) is 19.7 Å². The molecule has 2 rings (SSSR count). The van der Waals surface area contributed by atoms with Crippen LogP contribution < -0.4 is 10.6 Å². The molecule has 0 bridgehead atoms. The highest BCUT2D eigenvalue weighted by atomic mass is 16.6. The first-order chi connectivity index (χ1) is 9.95. The van der Waals surface area contributed by atoms with Crippen LogP contribution in [-0.2, 0) is 4.74 Å². The van der Waals surface area contributed by atoms with Crippen molar-refractivity contribution >= 4 is 17.4 Å². The number of hydrogen-bond donors (Lipinski definition) is 2. The second kappa shape index (κ2) is 6.04. The van der Waals surface area contributed by atoms with Crippen molar-refractivity contribution in [3.63, 3.8) is 0 Å². The van der Waals surface area contributed by atoms with Gasteiger partial charge in [0.05, 0.1) is 17.1 Å². The first-order valence-corrected chi connectivity index (χ1v) is 6.68. The quantitative estimate of drug-likeness (QED) is 0.641. The zero-order chi connectivity index (χ0) is 15.5. The molecule has 1 amide bonds. The third-order valence-corrected chi connectivity index (χ3v) is 3.43. The molecule has 8 nitrogen and oxygen atoms in total. The van der Waals surface area contributed by atoms with E-state index in [9.17, 15) is 14.9 Å². The van der Waals surface area contributed by atoms with E-state index in [1.165, 1.54) is 6.07 Å². The van der Waals surface area contributed by atoms with Gasteiger partial charge in [-0.25, -0.2) is 4.98 Å². The molecule has 114 valence electrons. The van der Waals surface area contributed by atoms with E-state index in [0.29, 0.717) is 19.0 Å². The molecule has 1 aliphatic rings. The van der Waals surface area contributed by atoms with Crippen molar-refractivity contribution in [3.8, 4) is 0 Å². The Morgan fingerprint density at radius 3 is 2.90 bits per heavy atom. The lowest BCUT2D eigenvalue weighted by Gasteiger charge is -2.34. The van der Waals surface area contributed by atoms with E-state index in [4.69, 9.17) is 4.74 Å². The smallest absolute Gasteiger partial charge is 0.300 e. The van der Waals surface area contributed by atoms with Crippen molar-refractivity contribution in [1.29, 1.82) is 0 Å². The average molecular weight is 294 g/mol. The minimum atomic E-state index is -0.610. The van der Waals surface area contributed by atoms with Crippen LogP contribution in [0.5, 0.6) is 0 Å². The number of amides is 1. The van der Waals surface area contributed by atoms with E-state index in [1.807, 2.05) is 6.92 Å². The predicted molar refractivity (Wildman–Crippen MR) is 76.4 cm³/mol. The van der Waals surface area contributed by atoms with Gasteiger partial charge >= 0.3 is 0 Å². The summed E-state index contributed by atoms with van der Waals surface area (Å²) in [5.74, 6) is -0.0932. The molecule has 2 N–H and O–H groups in total. The fourth-order valence-corrected chi connectivity index (χ4v) is 2.29. The molecule has 0 radical (unpaired) electrons. The van der Waals surface area contributed by atoms with Gasteiger partial charge < -0.3 is 15.4 Å². The van der Waals surface area contributed by atoms with E-state index in [1.54, 1.807) is 7.05 Å². The Balaban J connectivity index is 2.26. The Morgan fingerprint density at radius 1 is 1.57 bits per heavy atom. The SMILES string of the molecule is CNc1cc(C(=O)NC2(C)CCCOC2)c([N+](=O)[O-])cn1. The van der Waals surface area contributed by atoms with Crippen LogP contribution in [0.4, 0.5) is 11.5 Å². The lowest BCUT2D eigenvalue weighted by atomic mass is 9.94. The van der Waals surface area contributed by atoms with Gasteiger partial charge in [-0.05, 0) is 19.8 Å². The summed E-state index contributed by atoms with van der Waals surface area (Å²) in [5, 5.41) is 16.6. The van der Waals surface area contributed by atoms with Crippen LogP contribution in [0.25, 0.3) is 0 Å². The summed E-state index contributed by atoms with van der Waals surface area (Å²) in [7, 11) is 1.63. The number of hydrogen-bond acceptors (Lipinski definition) is 6. The number of anilines is 1. The molecule has 1 unspecified atom stereocenters. The van der Waals surface area contributed by atoms with E-state index >= 15 is 0 Å². The van der Waals surface area contributed by atoms with E-state index in [-0.39, 0.29) is 11.3 Å². The van der Waals surface area contributed by atoms with Crippen molar-refractivity contribution in [1.82, 2.24) is 10.3 Å². The highest BCUT2D eigenvalue weighted by molar-refractivity contribution is 5.99. The molecule has 0 aromatic carbocycles. The van der Waals surface area contributed by atoms with Crippen molar-refractivity contribution < 1.29 is 14.5 Å². The van der Waals surface area contributed by atoms with Crippen LogP contribution in [0.15, 0.2) is 12.3 Å². The topological polar surface area (TPSA) is 106 Å². The second-order valence-corrected chi connectivity index (χ2v) is 5.26. The number of aromatic nitrogens is 1. The first kappa shape index (κ1) is 15.2. The highest BCUT2D eigenvalue weighted by Gasteiger charge is 2.32. The molecule has 2 heterocycles. The summed E-state index contributed by atoms with van der Waals surface area (Å²) in [6.07, 6.45) is 2.70.